The molecule has 1 unspecified atom stereocenters. The van der Waals surface area contributed by atoms with Gasteiger partial charge >= 0.3 is 11.9 Å². The number of nitrogens with one attached hydrogen (secondary N) is 1. The smallest absolute Gasteiger partial charge is 0.306 e. The van der Waals surface area contributed by atoms with Gasteiger partial charge in [-0.05, 0) is 90.1 Å². The average Bonchev–Trinajstić information content (AvgIpc) is 3.81. The van der Waals surface area contributed by atoms with Gasteiger partial charge in [0, 0.05) is 25.9 Å². The van der Waals surface area contributed by atoms with Crippen LogP contribution in [0.15, 0.2) is 17.1 Å². The lowest BCUT2D eigenvalue weighted by Crippen LogP contribution is -2.34. The van der Waals surface area contributed by atoms with Gasteiger partial charge in [0.2, 0.25) is 0 Å². The number of rotatable bonds is 47. The number of hydrogen-bond acceptors (Lipinski definition) is 9. The molecule has 1 atom stereocenters. The van der Waals surface area contributed by atoms with Crippen LogP contribution < -0.4 is 5.32 Å². The van der Waals surface area contributed by atoms with Crippen LogP contribution >= 0.6 is 0 Å². The first kappa shape index (κ1) is 57.6. The third-order valence-electron chi connectivity index (χ3n) is 12.2. The van der Waals surface area contributed by atoms with Crippen molar-refractivity contribution in [2.24, 2.45) is 0 Å². The fourth-order valence-electron chi connectivity index (χ4n) is 8.20. The highest BCUT2D eigenvalue weighted by atomic mass is 16.5. The highest BCUT2D eigenvalue weighted by Gasteiger charge is 2.16. The van der Waals surface area contributed by atoms with Gasteiger partial charge in [0.25, 0.3) is 5.91 Å². The highest BCUT2D eigenvalue weighted by Crippen LogP contribution is 2.19. The molecule has 0 radical (unpaired) electrons. The number of hydrogen-bond donors (Lipinski definition) is 2. The molecular weight excluding hydrogens is 779 g/mol. The van der Waals surface area contributed by atoms with Gasteiger partial charge in [0.1, 0.15) is 12.4 Å². The first-order valence-corrected chi connectivity index (χ1v) is 26.3. The van der Waals surface area contributed by atoms with Gasteiger partial charge in [-0.15, -0.1) is 0 Å². The average molecular weight is 876 g/mol. The fraction of sp³-hybridized carbons (Fsp3) is 0.885. The number of oxazole rings is 1. The second kappa shape index (κ2) is 43.8. The molecule has 1 rings (SSSR count). The monoisotopic (exact) mass is 876 g/mol. The maximum absolute atomic E-state index is 12.9. The summed E-state index contributed by atoms with van der Waals surface area (Å²) in [7, 11) is 0. The van der Waals surface area contributed by atoms with Gasteiger partial charge in [0.05, 0.1) is 12.7 Å². The van der Waals surface area contributed by atoms with E-state index in [1.807, 2.05) is 0 Å². The lowest BCUT2D eigenvalue weighted by Gasteiger charge is -2.25. The Bertz CT molecular complexity index is 1120. The Labute approximate surface area is 380 Å². The minimum absolute atomic E-state index is 0.0171. The van der Waals surface area contributed by atoms with Crippen LogP contribution in [-0.4, -0.2) is 77.8 Å². The summed E-state index contributed by atoms with van der Waals surface area (Å²) >= 11 is 0. The zero-order valence-corrected chi connectivity index (χ0v) is 40.6. The van der Waals surface area contributed by atoms with Crippen LogP contribution in [0.1, 0.15) is 262 Å². The maximum Gasteiger partial charge on any atom is 0.306 e. The SMILES string of the molecule is CCCCCCCCCCCOC(=O)CCCCCN(CCCCCCCC(=O)OC(CCCCCCCC)CCCCCCCC)CC(O)CCCCNC(=O)c1cocn1. The van der Waals surface area contributed by atoms with E-state index in [1.165, 1.54) is 122 Å². The van der Waals surface area contributed by atoms with Crippen LogP contribution in [-0.2, 0) is 19.1 Å². The second-order valence-electron chi connectivity index (χ2n) is 18.2. The summed E-state index contributed by atoms with van der Waals surface area (Å²) in [6.45, 7) is 10.3. The summed E-state index contributed by atoms with van der Waals surface area (Å²) in [6.07, 6.45) is 41.8. The summed E-state index contributed by atoms with van der Waals surface area (Å²) in [6, 6.07) is 0. The van der Waals surface area contributed by atoms with Crippen molar-refractivity contribution < 1.29 is 33.4 Å². The van der Waals surface area contributed by atoms with Crippen LogP contribution in [0.2, 0.25) is 0 Å². The summed E-state index contributed by atoms with van der Waals surface area (Å²) in [5.74, 6) is -0.344. The number of carbonyl (C=O) groups is 3. The van der Waals surface area contributed by atoms with Crippen LogP contribution in [0, 0.1) is 0 Å². The van der Waals surface area contributed by atoms with Crippen LogP contribution in [0.3, 0.4) is 0 Å². The van der Waals surface area contributed by atoms with E-state index in [1.54, 1.807) is 0 Å². The van der Waals surface area contributed by atoms with Crippen molar-refractivity contribution in [1.82, 2.24) is 15.2 Å². The normalized spacial score (nSPS) is 12.0. The molecule has 10 nitrogen and oxygen atoms in total. The van der Waals surface area contributed by atoms with Gasteiger partial charge in [0.15, 0.2) is 12.1 Å². The number of aliphatic hydroxyl groups excluding tert-OH is 1. The van der Waals surface area contributed by atoms with E-state index in [4.69, 9.17) is 13.9 Å². The second-order valence-corrected chi connectivity index (χ2v) is 18.2. The molecule has 1 amide bonds. The number of unbranched alkanes of at least 4 members (excludes halogenated alkanes) is 25. The van der Waals surface area contributed by atoms with Crippen molar-refractivity contribution in [3.63, 3.8) is 0 Å². The van der Waals surface area contributed by atoms with E-state index < -0.39 is 6.10 Å². The fourth-order valence-corrected chi connectivity index (χ4v) is 8.20. The minimum atomic E-state index is -0.436. The highest BCUT2D eigenvalue weighted by molar-refractivity contribution is 5.91. The molecule has 0 saturated carbocycles. The molecule has 0 aromatic carbocycles. The van der Waals surface area contributed by atoms with E-state index in [-0.39, 0.29) is 29.6 Å². The number of ether oxygens (including phenoxy) is 2. The van der Waals surface area contributed by atoms with Crippen molar-refractivity contribution in [3.8, 4) is 0 Å². The van der Waals surface area contributed by atoms with Gasteiger partial charge in [-0.25, -0.2) is 4.98 Å². The Hall–Kier alpha value is -2.46. The maximum atomic E-state index is 12.9. The van der Waals surface area contributed by atoms with Crippen molar-refractivity contribution in [2.45, 2.75) is 264 Å². The molecule has 10 heteroatoms. The third-order valence-corrected chi connectivity index (χ3v) is 12.2. The zero-order chi connectivity index (χ0) is 45.0. The summed E-state index contributed by atoms with van der Waals surface area (Å²) in [4.78, 5) is 43.6. The molecule has 0 saturated heterocycles. The Morgan fingerprint density at radius 2 is 1.06 bits per heavy atom. The van der Waals surface area contributed by atoms with E-state index in [2.05, 4.69) is 36.0 Å². The van der Waals surface area contributed by atoms with Crippen molar-refractivity contribution >= 4 is 17.8 Å². The number of amides is 1. The van der Waals surface area contributed by atoms with Gasteiger partial charge in [-0.1, -0.05) is 162 Å². The number of carbonyl (C=O) groups excluding carboxylic acids is 3. The van der Waals surface area contributed by atoms with E-state index >= 15 is 0 Å². The molecule has 1 aromatic rings. The van der Waals surface area contributed by atoms with Crippen LogP contribution in [0.5, 0.6) is 0 Å². The summed E-state index contributed by atoms with van der Waals surface area (Å²) in [5.41, 5.74) is 0.274. The van der Waals surface area contributed by atoms with E-state index in [9.17, 15) is 19.5 Å². The first-order chi connectivity index (χ1) is 30.4. The molecule has 0 spiro atoms. The van der Waals surface area contributed by atoms with Crippen LogP contribution in [0.4, 0.5) is 0 Å². The predicted molar refractivity (Wildman–Crippen MR) is 255 cm³/mol. The third kappa shape index (κ3) is 37.0. The van der Waals surface area contributed by atoms with E-state index in [0.717, 1.165) is 116 Å². The van der Waals surface area contributed by atoms with Crippen molar-refractivity contribution in [1.29, 1.82) is 0 Å². The number of aliphatic hydroxyl groups is 1. The molecule has 362 valence electrons. The molecule has 0 aliphatic heterocycles. The van der Waals surface area contributed by atoms with Crippen molar-refractivity contribution in [3.05, 3.63) is 18.4 Å². The Morgan fingerprint density at radius 3 is 1.61 bits per heavy atom. The number of nitrogens with zero attached hydrogens (tertiary/aromatic N) is 2. The minimum Gasteiger partial charge on any atom is -0.466 e. The molecule has 0 fully saturated rings. The topological polar surface area (TPSA) is 131 Å². The number of aromatic nitrogens is 1. The molecule has 62 heavy (non-hydrogen) atoms. The molecule has 1 aromatic heterocycles. The lowest BCUT2D eigenvalue weighted by atomic mass is 10.0. The van der Waals surface area contributed by atoms with Gasteiger partial charge in [-0.2, -0.15) is 0 Å². The van der Waals surface area contributed by atoms with Crippen LogP contribution in [0.25, 0.3) is 0 Å². The van der Waals surface area contributed by atoms with Gasteiger partial charge in [-0.3, -0.25) is 14.4 Å². The predicted octanol–water partition coefficient (Wildman–Crippen LogP) is 13.6. The molecular formula is C52H97N3O7. The first-order valence-electron chi connectivity index (χ1n) is 26.3. The molecule has 0 aliphatic rings. The molecule has 2 N–H and O–H groups in total. The lowest BCUT2D eigenvalue weighted by molar-refractivity contribution is -0.150. The molecule has 1 heterocycles. The summed E-state index contributed by atoms with van der Waals surface area (Å²) < 4.78 is 16.5. The summed E-state index contributed by atoms with van der Waals surface area (Å²) in [5, 5.41) is 13.8. The quantitative estimate of drug-likeness (QED) is 0.0485. The Balaban J connectivity index is 2.39. The molecule has 0 aliphatic carbocycles. The standard InChI is InChI=1S/C52H97N3O7/c1-4-7-10-13-16-17-18-24-34-43-61-50(57)38-29-25-33-42-55(44-47(56)35-30-31-40-53-52(59)49-45-60-46-54-49)41-32-23-19-22-28-39-51(58)62-48(36-26-20-14-11-8-5-2)37-27-21-15-12-9-6-3/h45-48,56H,4-44H2,1-3H3,(H,53,59). The Morgan fingerprint density at radius 1 is 0.597 bits per heavy atom. The molecule has 0 bridgehead atoms. The van der Waals surface area contributed by atoms with Gasteiger partial charge < -0.3 is 29.2 Å². The van der Waals surface area contributed by atoms with E-state index in [0.29, 0.717) is 39.0 Å². The zero-order valence-electron chi connectivity index (χ0n) is 40.6. The number of esters is 2. The van der Waals surface area contributed by atoms with Crippen molar-refractivity contribution in [2.75, 3.05) is 32.8 Å². The largest absolute Gasteiger partial charge is 0.466 e. The Kier molecular flexibility index (Phi) is 40.6.